The zero-order valence-corrected chi connectivity index (χ0v) is 9.15. The van der Waals surface area contributed by atoms with E-state index in [1.807, 2.05) is 17.8 Å². The van der Waals surface area contributed by atoms with Gasteiger partial charge < -0.3 is 9.72 Å². The first kappa shape index (κ1) is 9.46. The molecule has 0 saturated heterocycles. The van der Waals surface area contributed by atoms with Crippen molar-refractivity contribution in [2.24, 2.45) is 0 Å². The van der Waals surface area contributed by atoms with Crippen LogP contribution in [-0.2, 0) is 5.75 Å². The Hall–Kier alpha value is -1.09. The third-order valence-corrected chi connectivity index (χ3v) is 2.87. The lowest BCUT2D eigenvalue weighted by atomic mass is 10.2. The van der Waals surface area contributed by atoms with Gasteiger partial charge in [-0.3, -0.25) is 0 Å². The molecule has 0 spiro atoms. The second-order valence-corrected chi connectivity index (χ2v) is 4.02. The summed E-state index contributed by atoms with van der Waals surface area (Å²) in [4.78, 5) is 3.26. The van der Waals surface area contributed by atoms with E-state index in [1.54, 1.807) is 7.11 Å². The van der Waals surface area contributed by atoms with Crippen molar-refractivity contribution >= 4 is 22.7 Å². The molecule has 0 aliphatic rings. The highest BCUT2D eigenvalue weighted by atomic mass is 32.2. The Kier molecular flexibility index (Phi) is 2.68. The Balaban J connectivity index is 2.52. The van der Waals surface area contributed by atoms with Crippen LogP contribution in [0.25, 0.3) is 10.9 Å². The van der Waals surface area contributed by atoms with Crippen LogP contribution in [0.5, 0.6) is 5.75 Å². The minimum Gasteiger partial charge on any atom is -0.497 e. The predicted molar refractivity (Wildman–Crippen MR) is 62.1 cm³/mol. The summed E-state index contributed by atoms with van der Waals surface area (Å²) in [6, 6.07) is 6.11. The first-order valence-corrected chi connectivity index (χ1v) is 5.87. The number of benzene rings is 1. The van der Waals surface area contributed by atoms with Crippen molar-refractivity contribution in [1.29, 1.82) is 0 Å². The molecule has 14 heavy (non-hydrogen) atoms. The summed E-state index contributed by atoms with van der Waals surface area (Å²) in [5.41, 5.74) is 2.52. The molecule has 0 radical (unpaired) electrons. The minimum absolute atomic E-state index is 0.916. The van der Waals surface area contributed by atoms with Crippen molar-refractivity contribution in [3.05, 3.63) is 30.0 Å². The van der Waals surface area contributed by atoms with Gasteiger partial charge in [0.2, 0.25) is 0 Å². The van der Waals surface area contributed by atoms with E-state index >= 15 is 0 Å². The highest BCUT2D eigenvalue weighted by molar-refractivity contribution is 7.97. The van der Waals surface area contributed by atoms with Crippen molar-refractivity contribution in [3.63, 3.8) is 0 Å². The Morgan fingerprint density at radius 1 is 1.43 bits per heavy atom. The molecule has 2 rings (SSSR count). The molecule has 0 fully saturated rings. The van der Waals surface area contributed by atoms with Crippen LogP contribution in [0.2, 0.25) is 0 Å². The molecule has 1 aromatic carbocycles. The monoisotopic (exact) mass is 207 g/mol. The van der Waals surface area contributed by atoms with Gasteiger partial charge in [0.1, 0.15) is 5.75 Å². The number of nitrogens with one attached hydrogen (secondary N) is 1. The molecule has 1 heterocycles. The fourth-order valence-electron chi connectivity index (χ4n) is 1.56. The molecule has 1 N–H and O–H groups in total. The number of thioether (sulfide) groups is 1. The highest BCUT2D eigenvalue weighted by Crippen LogP contribution is 2.25. The number of H-pyrrole nitrogens is 1. The lowest BCUT2D eigenvalue weighted by molar-refractivity contribution is 0.415. The second kappa shape index (κ2) is 3.96. The van der Waals surface area contributed by atoms with Crippen LogP contribution in [0.1, 0.15) is 5.56 Å². The molecular formula is C11H13NOS. The van der Waals surface area contributed by atoms with E-state index in [-0.39, 0.29) is 0 Å². The van der Waals surface area contributed by atoms with Crippen molar-refractivity contribution in [1.82, 2.24) is 4.98 Å². The molecule has 0 bridgehead atoms. The van der Waals surface area contributed by atoms with Crippen molar-refractivity contribution < 1.29 is 4.74 Å². The van der Waals surface area contributed by atoms with Gasteiger partial charge in [0.15, 0.2) is 0 Å². The van der Waals surface area contributed by atoms with Crippen LogP contribution in [0.15, 0.2) is 24.4 Å². The average Bonchev–Trinajstić information content (AvgIpc) is 2.61. The zero-order valence-electron chi connectivity index (χ0n) is 8.33. The Labute approximate surface area is 87.7 Å². The van der Waals surface area contributed by atoms with E-state index in [1.165, 1.54) is 16.5 Å². The number of hydrogen-bond acceptors (Lipinski definition) is 2. The van der Waals surface area contributed by atoms with E-state index in [2.05, 4.69) is 29.6 Å². The lowest BCUT2D eigenvalue weighted by Crippen LogP contribution is -1.82. The van der Waals surface area contributed by atoms with Crippen LogP contribution in [0.4, 0.5) is 0 Å². The molecule has 74 valence electrons. The standard InChI is InChI=1S/C11H13NOS/c1-13-9-3-4-11-10(5-9)8(6-12-11)7-14-2/h3-6,12H,7H2,1-2H3. The molecule has 3 heteroatoms. The molecule has 0 aliphatic heterocycles. The molecular weight excluding hydrogens is 194 g/mol. The minimum atomic E-state index is 0.916. The molecule has 2 nitrogen and oxygen atoms in total. The Morgan fingerprint density at radius 2 is 2.29 bits per heavy atom. The van der Waals surface area contributed by atoms with Gasteiger partial charge in [-0.1, -0.05) is 0 Å². The molecule has 0 aliphatic carbocycles. The van der Waals surface area contributed by atoms with Gasteiger partial charge in [-0.15, -0.1) is 0 Å². The number of fused-ring (bicyclic) bond motifs is 1. The maximum absolute atomic E-state index is 5.20. The summed E-state index contributed by atoms with van der Waals surface area (Å²) in [6.07, 6.45) is 4.18. The van der Waals surface area contributed by atoms with Gasteiger partial charge in [0, 0.05) is 22.9 Å². The quantitative estimate of drug-likeness (QED) is 0.836. The third-order valence-electron chi connectivity index (χ3n) is 2.27. The van der Waals surface area contributed by atoms with Gasteiger partial charge in [0.05, 0.1) is 7.11 Å². The van der Waals surface area contributed by atoms with E-state index in [0.29, 0.717) is 0 Å². The molecule has 1 aromatic heterocycles. The Morgan fingerprint density at radius 3 is 3.00 bits per heavy atom. The average molecular weight is 207 g/mol. The lowest BCUT2D eigenvalue weighted by Gasteiger charge is -2.00. The smallest absolute Gasteiger partial charge is 0.119 e. The van der Waals surface area contributed by atoms with Gasteiger partial charge >= 0.3 is 0 Å². The van der Waals surface area contributed by atoms with Crippen LogP contribution in [0, 0.1) is 0 Å². The fraction of sp³-hybridized carbons (Fsp3) is 0.273. The number of aromatic nitrogens is 1. The largest absolute Gasteiger partial charge is 0.497 e. The van der Waals surface area contributed by atoms with Crippen LogP contribution in [0.3, 0.4) is 0 Å². The molecule has 2 aromatic rings. The van der Waals surface area contributed by atoms with E-state index < -0.39 is 0 Å². The number of ether oxygens (including phenoxy) is 1. The summed E-state index contributed by atoms with van der Waals surface area (Å²) in [5, 5.41) is 1.26. The zero-order chi connectivity index (χ0) is 9.97. The predicted octanol–water partition coefficient (Wildman–Crippen LogP) is 3.04. The highest BCUT2D eigenvalue weighted by Gasteiger charge is 2.03. The van der Waals surface area contributed by atoms with E-state index in [0.717, 1.165) is 11.5 Å². The fourth-order valence-corrected chi connectivity index (χ4v) is 2.11. The number of hydrogen-bond donors (Lipinski definition) is 1. The van der Waals surface area contributed by atoms with Crippen LogP contribution in [-0.4, -0.2) is 18.3 Å². The summed E-state index contributed by atoms with van der Waals surface area (Å²) in [5.74, 6) is 1.95. The van der Waals surface area contributed by atoms with Crippen molar-refractivity contribution in [2.75, 3.05) is 13.4 Å². The normalized spacial score (nSPS) is 10.7. The summed E-state index contributed by atoms with van der Waals surface area (Å²) < 4.78 is 5.20. The molecule has 0 saturated carbocycles. The molecule has 0 amide bonds. The number of methoxy groups -OCH3 is 1. The summed E-state index contributed by atoms with van der Waals surface area (Å²) >= 11 is 1.83. The summed E-state index contributed by atoms with van der Waals surface area (Å²) in [6.45, 7) is 0. The third kappa shape index (κ3) is 1.60. The number of aromatic amines is 1. The van der Waals surface area contributed by atoms with Gasteiger partial charge in [0.25, 0.3) is 0 Å². The molecule has 0 atom stereocenters. The van der Waals surface area contributed by atoms with E-state index in [9.17, 15) is 0 Å². The second-order valence-electron chi connectivity index (χ2n) is 3.16. The summed E-state index contributed by atoms with van der Waals surface area (Å²) in [7, 11) is 1.70. The first-order valence-electron chi connectivity index (χ1n) is 4.48. The topological polar surface area (TPSA) is 25.0 Å². The first-order chi connectivity index (χ1) is 6.85. The van der Waals surface area contributed by atoms with Crippen LogP contribution < -0.4 is 4.74 Å². The van der Waals surface area contributed by atoms with Gasteiger partial charge in [-0.25, -0.2) is 0 Å². The van der Waals surface area contributed by atoms with Crippen LogP contribution >= 0.6 is 11.8 Å². The maximum atomic E-state index is 5.20. The van der Waals surface area contributed by atoms with Crippen molar-refractivity contribution in [2.45, 2.75) is 5.75 Å². The van der Waals surface area contributed by atoms with Gasteiger partial charge in [-0.2, -0.15) is 11.8 Å². The van der Waals surface area contributed by atoms with Gasteiger partial charge in [-0.05, 0) is 30.0 Å². The maximum Gasteiger partial charge on any atom is 0.119 e. The Bertz CT molecular complexity index is 436. The number of rotatable bonds is 3. The van der Waals surface area contributed by atoms with E-state index in [4.69, 9.17) is 4.74 Å². The SMILES string of the molecule is COc1ccc2[nH]cc(CSC)c2c1. The molecule has 0 unspecified atom stereocenters. The van der Waals surface area contributed by atoms with Crippen molar-refractivity contribution in [3.8, 4) is 5.75 Å².